The third-order valence-electron chi connectivity index (χ3n) is 2.59. The lowest BCUT2D eigenvalue weighted by atomic mass is 10.1. The second-order valence-corrected chi connectivity index (χ2v) is 5.34. The first-order valence-electron chi connectivity index (χ1n) is 6.18. The first-order valence-corrected chi connectivity index (χ1v) is 6.18. The van der Waals surface area contributed by atoms with Gasteiger partial charge in [0, 0.05) is 12.4 Å². The molecule has 0 fully saturated rings. The van der Waals surface area contributed by atoms with Crippen molar-refractivity contribution in [1.29, 1.82) is 0 Å². The third kappa shape index (κ3) is 3.67. The van der Waals surface area contributed by atoms with E-state index in [4.69, 9.17) is 4.74 Å². The molecule has 18 heavy (non-hydrogen) atoms. The maximum Gasteiger partial charge on any atom is 0.0724 e. The summed E-state index contributed by atoms with van der Waals surface area (Å²) in [7, 11) is 0. The van der Waals surface area contributed by atoms with Gasteiger partial charge in [-0.25, -0.2) is 0 Å². The molecule has 0 N–H and O–H groups in total. The minimum Gasteiger partial charge on any atom is -0.371 e. The monoisotopic (exact) mass is 241 g/mol. The zero-order valence-electron chi connectivity index (χ0n) is 11.2. The van der Waals surface area contributed by atoms with Crippen molar-refractivity contribution in [2.45, 2.75) is 33.0 Å². The highest BCUT2D eigenvalue weighted by Gasteiger charge is 2.10. The highest BCUT2D eigenvalue weighted by molar-refractivity contribution is 5.62. The van der Waals surface area contributed by atoms with E-state index in [9.17, 15) is 0 Å². The van der Waals surface area contributed by atoms with Gasteiger partial charge in [-0.1, -0.05) is 24.3 Å². The molecular weight excluding hydrogens is 222 g/mol. The predicted molar refractivity (Wildman–Crippen MR) is 74.2 cm³/mol. The Hall–Kier alpha value is -1.67. The maximum atomic E-state index is 5.79. The second-order valence-electron chi connectivity index (χ2n) is 5.34. The maximum absolute atomic E-state index is 5.79. The lowest BCUT2D eigenvalue weighted by Crippen LogP contribution is -2.18. The normalized spacial score (nSPS) is 11.5. The summed E-state index contributed by atoms with van der Waals surface area (Å²) < 4.78 is 5.79. The Labute approximate surface area is 109 Å². The van der Waals surface area contributed by atoms with Crippen LogP contribution in [0.4, 0.5) is 0 Å². The first kappa shape index (κ1) is 12.8. The van der Waals surface area contributed by atoms with E-state index in [-0.39, 0.29) is 5.60 Å². The number of pyridine rings is 1. The molecule has 1 aromatic carbocycles. The Balaban J connectivity index is 2.16. The van der Waals surface area contributed by atoms with Crippen molar-refractivity contribution in [1.82, 2.24) is 4.98 Å². The molecule has 0 saturated carbocycles. The summed E-state index contributed by atoms with van der Waals surface area (Å²) in [6.07, 6.45) is 3.67. The van der Waals surface area contributed by atoms with Gasteiger partial charge in [0.25, 0.3) is 0 Å². The molecule has 1 heterocycles. The zero-order valence-corrected chi connectivity index (χ0v) is 11.2. The van der Waals surface area contributed by atoms with E-state index >= 15 is 0 Å². The van der Waals surface area contributed by atoms with Gasteiger partial charge in [0.15, 0.2) is 0 Å². The van der Waals surface area contributed by atoms with Crippen molar-refractivity contribution in [3.63, 3.8) is 0 Å². The van der Waals surface area contributed by atoms with Crippen LogP contribution < -0.4 is 0 Å². The number of hydrogen-bond donors (Lipinski definition) is 0. The molecule has 2 heteroatoms. The molecule has 0 aliphatic rings. The van der Waals surface area contributed by atoms with Gasteiger partial charge in [-0.2, -0.15) is 0 Å². The number of ether oxygens (including phenoxy) is 1. The van der Waals surface area contributed by atoms with Crippen LogP contribution in [0.3, 0.4) is 0 Å². The summed E-state index contributed by atoms with van der Waals surface area (Å²) in [6.45, 7) is 6.84. The Kier molecular flexibility index (Phi) is 3.78. The topological polar surface area (TPSA) is 22.1 Å². The lowest BCUT2D eigenvalue weighted by Gasteiger charge is -2.19. The number of hydrogen-bond acceptors (Lipinski definition) is 2. The van der Waals surface area contributed by atoms with Gasteiger partial charge < -0.3 is 4.74 Å². The van der Waals surface area contributed by atoms with E-state index in [1.54, 1.807) is 6.20 Å². The van der Waals surface area contributed by atoms with Crippen LogP contribution in [0.1, 0.15) is 26.3 Å². The first-order chi connectivity index (χ1) is 8.54. The summed E-state index contributed by atoms with van der Waals surface area (Å²) in [5.41, 5.74) is 3.39. The predicted octanol–water partition coefficient (Wildman–Crippen LogP) is 4.06. The lowest BCUT2D eigenvalue weighted by molar-refractivity contribution is -0.0149. The van der Waals surface area contributed by atoms with Gasteiger partial charge >= 0.3 is 0 Å². The van der Waals surface area contributed by atoms with E-state index in [0.717, 1.165) is 5.56 Å². The fourth-order valence-corrected chi connectivity index (χ4v) is 1.67. The molecule has 0 amide bonds. The smallest absolute Gasteiger partial charge is 0.0724 e. The molecule has 2 aromatic rings. The molecule has 0 bridgehead atoms. The van der Waals surface area contributed by atoms with Crippen molar-refractivity contribution in [2.24, 2.45) is 0 Å². The van der Waals surface area contributed by atoms with Crippen LogP contribution in [0.5, 0.6) is 0 Å². The van der Waals surface area contributed by atoms with Crippen molar-refractivity contribution in [2.75, 3.05) is 0 Å². The molecule has 0 atom stereocenters. The molecule has 1 aromatic heterocycles. The Morgan fingerprint density at radius 1 is 1.06 bits per heavy atom. The van der Waals surface area contributed by atoms with Crippen LogP contribution in [0, 0.1) is 0 Å². The van der Waals surface area contributed by atoms with Crippen LogP contribution in [-0.2, 0) is 11.3 Å². The molecule has 2 rings (SSSR count). The molecule has 0 aliphatic carbocycles. The molecular formula is C16H19NO. The number of rotatable bonds is 3. The summed E-state index contributed by atoms with van der Waals surface area (Å²) in [5, 5.41) is 0. The summed E-state index contributed by atoms with van der Waals surface area (Å²) in [6, 6.07) is 12.4. The molecule has 0 aliphatic heterocycles. The molecule has 0 spiro atoms. The van der Waals surface area contributed by atoms with Gasteiger partial charge in [0.05, 0.1) is 12.2 Å². The minimum absolute atomic E-state index is 0.107. The average Bonchev–Trinajstić information content (AvgIpc) is 2.37. The molecule has 0 unspecified atom stereocenters. The Morgan fingerprint density at radius 2 is 1.83 bits per heavy atom. The van der Waals surface area contributed by atoms with Crippen molar-refractivity contribution < 1.29 is 4.74 Å². The van der Waals surface area contributed by atoms with Crippen molar-refractivity contribution >= 4 is 0 Å². The van der Waals surface area contributed by atoms with Crippen LogP contribution >= 0.6 is 0 Å². The van der Waals surface area contributed by atoms with E-state index < -0.39 is 0 Å². The number of aromatic nitrogens is 1. The Bertz CT molecular complexity index is 500. The van der Waals surface area contributed by atoms with E-state index in [0.29, 0.717) is 6.61 Å². The van der Waals surface area contributed by atoms with Crippen LogP contribution in [0.2, 0.25) is 0 Å². The summed E-state index contributed by atoms with van der Waals surface area (Å²) in [5.74, 6) is 0. The third-order valence-corrected chi connectivity index (χ3v) is 2.59. The standard InChI is InChI=1S/C16H19NO/c1-16(2,3)18-12-13-6-4-7-14(10-13)15-8-5-9-17-11-15/h4-11H,12H2,1-3H3. The molecule has 0 saturated heterocycles. The molecule has 0 radical (unpaired) electrons. The van der Waals surface area contributed by atoms with Gasteiger partial charge in [-0.05, 0) is 49.6 Å². The van der Waals surface area contributed by atoms with E-state index in [1.165, 1.54) is 11.1 Å². The van der Waals surface area contributed by atoms with E-state index in [2.05, 4.69) is 56.1 Å². The van der Waals surface area contributed by atoms with Crippen LogP contribution in [-0.4, -0.2) is 10.6 Å². The zero-order chi connectivity index (χ0) is 13.0. The van der Waals surface area contributed by atoms with Gasteiger partial charge in [0.2, 0.25) is 0 Å². The highest BCUT2D eigenvalue weighted by Crippen LogP contribution is 2.20. The van der Waals surface area contributed by atoms with Gasteiger partial charge in [-0.3, -0.25) is 4.98 Å². The summed E-state index contributed by atoms with van der Waals surface area (Å²) in [4.78, 5) is 4.14. The van der Waals surface area contributed by atoms with Crippen molar-refractivity contribution in [3.8, 4) is 11.1 Å². The SMILES string of the molecule is CC(C)(C)OCc1cccc(-c2cccnc2)c1. The number of nitrogens with zero attached hydrogens (tertiary/aromatic N) is 1. The molecule has 94 valence electrons. The molecule has 2 nitrogen and oxygen atoms in total. The van der Waals surface area contributed by atoms with Gasteiger partial charge in [0.1, 0.15) is 0 Å². The van der Waals surface area contributed by atoms with Gasteiger partial charge in [-0.15, -0.1) is 0 Å². The fraction of sp³-hybridized carbons (Fsp3) is 0.312. The van der Waals surface area contributed by atoms with Crippen LogP contribution in [0.25, 0.3) is 11.1 Å². The summed E-state index contributed by atoms with van der Waals surface area (Å²) >= 11 is 0. The quantitative estimate of drug-likeness (QED) is 0.808. The largest absolute Gasteiger partial charge is 0.371 e. The minimum atomic E-state index is -0.107. The van der Waals surface area contributed by atoms with E-state index in [1.807, 2.05) is 12.3 Å². The fourth-order valence-electron chi connectivity index (χ4n) is 1.67. The number of benzene rings is 1. The van der Waals surface area contributed by atoms with Crippen LogP contribution in [0.15, 0.2) is 48.8 Å². The second kappa shape index (κ2) is 5.32. The Morgan fingerprint density at radius 3 is 2.50 bits per heavy atom. The van der Waals surface area contributed by atoms with Crippen molar-refractivity contribution in [3.05, 3.63) is 54.4 Å². The average molecular weight is 241 g/mol. The highest BCUT2D eigenvalue weighted by atomic mass is 16.5.